The Kier molecular flexibility index (Phi) is 5.38. The lowest BCUT2D eigenvalue weighted by molar-refractivity contribution is -0.122. The second-order valence-corrected chi connectivity index (χ2v) is 7.07. The van der Waals surface area contributed by atoms with Gasteiger partial charge in [0.05, 0.1) is 6.04 Å². The van der Waals surface area contributed by atoms with E-state index in [0.717, 1.165) is 43.9 Å². The molecule has 3 N–H and O–H groups in total. The van der Waals surface area contributed by atoms with Crippen molar-refractivity contribution in [2.45, 2.75) is 57.5 Å². The van der Waals surface area contributed by atoms with Crippen LogP contribution < -0.4 is 11.1 Å². The Bertz CT molecular complexity index is 522. The molecule has 2 fully saturated rings. The van der Waals surface area contributed by atoms with Gasteiger partial charge in [-0.2, -0.15) is 0 Å². The fourth-order valence-electron chi connectivity index (χ4n) is 3.94. The van der Waals surface area contributed by atoms with Crippen LogP contribution in [0.2, 0.25) is 0 Å². The Morgan fingerprint density at radius 2 is 2.13 bits per heavy atom. The lowest BCUT2D eigenvalue weighted by Crippen LogP contribution is -2.38. The van der Waals surface area contributed by atoms with Gasteiger partial charge in [0.25, 0.3) is 0 Å². The summed E-state index contributed by atoms with van der Waals surface area (Å²) in [6.45, 7) is 4.74. The van der Waals surface area contributed by atoms with Gasteiger partial charge in [-0.15, -0.1) is 0 Å². The Labute approximate surface area is 138 Å². The maximum Gasteiger partial charge on any atom is 0.220 e. The van der Waals surface area contributed by atoms with Gasteiger partial charge in [0.2, 0.25) is 5.91 Å². The highest BCUT2D eigenvalue weighted by Gasteiger charge is 2.28. The number of carbonyl (C=O) groups is 1. The van der Waals surface area contributed by atoms with Gasteiger partial charge in [0, 0.05) is 19.0 Å². The average molecular weight is 319 g/mol. The highest BCUT2D eigenvalue weighted by atomic mass is 16.3. The second-order valence-electron chi connectivity index (χ2n) is 7.07. The Morgan fingerprint density at radius 1 is 1.35 bits per heavy atom. The zero-order valence-corrected chi connectivity index (χ0v) is 14.1. The van der Waals surface area contributed by atoms with Crippen LogP contribution in [0.4, 0.5) is 0 Å². The van der Waals surface area contributed by atoms with Gasteiger partial charge in [-0.05, 0) is 63.7 Å². The van der Waals surface area contributed by atoms with Crippen molar-refractivity contribution in [3.63, 3.8) is 0 Å². The first-order valence-corrected chi connectivity index (χ1v) is 8.96. The third kappa shape index (κ3) is 4.15. The van der Waals surface area contributed by atoms with Crippen molar-refractivity contribution < 1.29 is 9.21 Å². The van der Waals surface area contributed by atoms with Gasteiger partial charge < -0.3 is 15.5 Å². The Hall–Kier alpha value is -1.33. The maximum atomic E-state index is 12.3. The van der Waals surface area contributed by atoms with Crippen LogP contribution in [0.15, 0.2) is 16.5 Å². The van der Waals surface area contributed by atoms with Crippen LogP contribution in [0.3, 0.4) is 0 Å². The maximum absolute atomic E-state index is 12.3. The third-order valence-electron chi connectivity index (χ3n) is 5.33. The molecule has 128 valence electrons. The summed E-state index contributed by atoms with van der Waals surface area (Å²) in [7, 11) is 0. The molecule has 3 atom stereocenters. The summed E-state index contributed by atoms with van der Waals surface area (Å²) >= 11 is 0. The summed E-state index contributed by atoms with van der Waals surface area (Å²) in [6, 6.07) is 4.38. The van der Waals surface area contributed by atoms with Crippen LogP contribution in [0.25, 0.3) is 0 Å². The first kappa shape index (κ1) is 16.5. The van der Waals surface area contributed by atoms with Crippen LogP contribution >= 0.6 is 0 Å². The third-order valence-corrected chi connectivity index (χ3v) is 5.33. The number of nitrogens with zero attached hydrogens (tertiary/aromatic N) is 1. The molecule has 5 nitrogen and oxygen atoms in total. The summed E-state index contributed by atoms with van der Waals surface area (Å²) in [6.07, 6.45) is 6.30. The van der Waals surface area contributed by atoms with Crippen molar-refractivity contribution in [3.05, 3.63) is 23.7 Å². The molecule has 5 heteroatoms. The molecule has 0 spiro atoms. The van der Waals surface area contributed by atoms with Gasteiger partial charge in [0.15, 0.2) is 0 Å². The smallest absolute Gasteiger partial charge is 0.220 e. The van der Waals surface area contributed by atoms with E-state index in [-0.39, 0.29) is 18.0 Å². The minimum absolute atomic E-state index is 0.125. The molecule has 1 unspecified atom stereocenters. The fraction of sp³-hybridized carbons (Fsp3) is 0.722. The molecule has 2 heterocycles. The number of furan rings is 1. The fourth-order valence-corrected chi connectivity index (χ4v) is 3.94. The van der Waals surface area contributed by atoms with E-state index in [1.165, 1.54) is 12.8 Å². The van der Waals surface area contributed by atoms with E-state index in [1.54, 1.807) is 0 Å². The van der Waals surface area contributed by atoms with E-state index >= 15 is 0 Å². The molecule has 1 aromatic heterocycles. The normalized spacial score (nSPS) is 26.5. The Morgan fingerprint density at radius 3 is 2.74 bits per heavy atom. The molecule has 1 aliphatic heterocycles. The van der Waals surface area contributed by atoms with Gasteiger partial charge in [-0.25, -0.2) is 0 Å². The first-order chi connectivity index (χ1) is 11.1. The number of hydrogen-bond donors (Lipinski definition) is 2. The van der Waals surface area contributed by atoms with Crippen molar-refractivity contribution in [2.24, 2.45) is 11.7 Å². The number of carbonyl (C=O) groups excluding carboxylic acids is 1. The number of aryl methyl sites for hydroxylation is 1. The first-order valence-electron chi connectivity index (χ1n) is 8.96. The standard InChI is InChI=1S/C18H29N3O2/c1-13-7-8-17(23-13)16(21-9-2-3-10-21)12-20-18(22)11-14-5-4-6-15(14)19/h7-8,14-16H,2-6,9-12,19H2,1H3,(H,20,22)/t14-,15+,16?/m0/s1. The van der Waals surface area contributed by atoms with Crippen molar-refractivity contribution >= 4 is 5.91 Å². The SMILES string of the molecule is Cc1ccc(C(CNC(=O)C[C@@H]2CCC[C@H]2N)N2CCCC2)o1. The van der Waals surface area contributed by atoms with Crippen LogP contribution in [0.1, 0.15) is 56.1 Å². The second kappa shape index (κ2) is 7.49. The van der Waals surface area contributed by atoms with E-state index in [0.29, 0.717) is 18.9 Å². The number of rotatable bonds is 6. The predicted octanol–water partition coefficient (Wildman–Crippen LogP) is 2.36. The summed E-state index contributed by atoms with van der Waals surface area (Å²) in [5, 5.41) is 3.12. The highest BCUT2D eigenvalue weighted by Crippen LogP contribution is 2.28. The summed E-state index contributed by atoms with van der Waals surface area (Å²) in [4.78, 5) is 14.7. The molecule has 23 heavy (non-hydrogen) atoms. The quantitative estimate of drug-likeness (QED) is 0.844. The average Bonchev–Trinajstić information content (AvgIpc) is 3.25. The van der Waals surface area contributed by atoms with Gasteiger partial charge >= 0.3 is 0 Å². The van der Waals surface area contributed by atoms with Crippen LogP contribution in [0.5, 0.6) is 0 Å². The summed E-state index contributed by atoms with van der Waals surface area (Å²) < 4.78 is 5.83. The predicted molar refractivity (Wildman–Crippen MR) is 89.9 cm³/mol. The zero-order chi connectivity index (χ0) is 16.2. The summed E-state index contributed by atoms with van der Waals surface area (Å²) in [5.41, 5.74) is 6.07. The molecule has 1 amide bonds. The number of nitrogens with one attached hydrogen (secondary N) is 1. The van der Waals surface area contributed by atoms with Crippen molar-refractivity contribution in [3.8, 4) is 0 Å². The molecule has 1 aromatic rings. The molecule has 1 saturated heterocycles. The topological polar surface area (TPSA) is 71.5 Å². The van der Waals surface area contributed by atoms with Crippen LogP contribution in [-0.4, -0.2) is 36.5 Å². The minimum atomic E-state index is 0.125. The van der Waals surface area contributed by atoms with E-state index in [2.05, 4.69) is 10.2 Å². The van der Waals surface area contributed by atoms with Crippen molar-refractivity contribution in [2.75, 3.05) is 19.6 Å². The van der Waals surface area contributed by atoms with E-state index in [1.807, 2.05) is 19.1 Å². The summed E-state index contributed by atoms with van der Waals surface area (Å²) in [5.74, 6) is 2.36. The van der Waals surface area contributed by atoms with Gasteiger partial charge in [0.1, 0.15) is 11.5 Å². The number of likely N-dealkylation sites (tertiary alicyclic amines) is 1. The zero-order valence-electron chi connectivity index (χ0n) is 14.1. The molecular weight excluding hydrogens is 290 g/mol. The molecule has 3 rings (SSSR count). The number of amides is 1. The Balaban J connectivity index is 1.56. The van der Waals surface area contributed by atoms with E-state index in [4.69, 9.17) is 10.2 Å². The van der Waals surface area contributed by atoms with Gasteiger partial charge in [-0.3, -0.25) is 9.69 Å². The molecule has 0 radical (unpaired) electrons. The number of hydrogen-bond acceptors (Lipinski definition) is 4. The lowest BCUT2D eigenvalue weighted by atomic mass is 10.00. The largest absolute Gasteiger partial charge is 0.465 e. The monoisotopic (exact) mass is 319 g/mol. The van der Waals surface area contributed by atoms with E-state index in [9.17, 15) is 4.79 Å². The molecule has 1 aliphatic carbocycles. The minimum Gasteiger partial charge on any atom is -0.465 e. The molecule has 0 aromatic carbocycles. The molecule has 0 bridgehead atoms. The van der Waals surface area contributed by atoms with Gasteiger partial charge in [-0.1, -0.05) is 6.42 Å². The molecule has 2 aliphatic rings. The molecule has 1 saturated carbocycles. The molecular formula is C18H29N3O2. The lowest BCUT2D eigenvalue weighted by Gasteiger charge is -2.26. The van der Waals surface area contributed by atoms with Crippen molar-refractivity contribution in [1.29, 1.82) is 0 Å². The van der Waals surface area contributed by atoms with Crippen molar-refractivity contribution in [1.82, 2.24) is 10.2 Å². The van der Waals surface area contributed by atoms with Crippen LogP contribution in [0, 0.1) is 12.8 Å². The highest BCUT2D eigenvalue weighted by molar-refractivity contribution is 5.76. The number of nitrogens with two attached hydrogens (primary N) is 1. The van der Waals surface area contributed by atoms with E-state index < -0.39 is 0 Å². The van der Waals surface area contributed by atoms with Crippen LogP contribution in [-0.2, 0) is 4.79 Å².